The van der Waals surface area contributed by atoms with Gasteiger partial charge in [-0.3, -0.25) is 81.5 Å². The van der Waals surface area contributed by atoms with E-state index in [2.05, 4.69) is 16.0 Å². The zero-order chi connectivity index (χ0) is 62.1. The third-order valence-corrected chi connectivity index (χ3v) is 10.5. The van der Waals surface area contributed by atoms with Gasteiger partial charge in [-0.25, -0.2) is 4.79 Å². The molecule has 0 aromatic heterocycles. The zero-order valence-electron chi connectivity index (χ0n) is 42.7. The minimum Gasteiger partial charge on any atom is -0.481 e. The predicted octanol–water partition coefficient (Wildman–Crippen LogP) is -9.24. The molecule has 8 atom stereocenters. The smallest absolute Gasteiger partial charge is 0.326 e. The fourth-order valence-corrected chi connectivity index (χ4v) is 6.48. The van der Waals surface area contributed by atoms with Gasteiger partial charge in [0.1, 0.15) is 42.3 Å². The van der Waals surface area contributed by atoms with Crippen molar-refractivity contribution in [2.75, 3.05) is 26.2 Å². The van der Waals surface area contributed by atoms with Gasteiger partial charge in [-0.1, -0.05) is 0 Å². The maximum atomic E-state index is 13.5. The lowest BCUT2D eigenvalue weighted by molar-refractivity contribution is -0.148. The van der Waals surface area contributed by atoms with Crippen LogP contribution < -0.4 is 64.6 Å². The summed E-state index contributed by atoms with van der Waals surface area (Å²) < 4.78 is 0. The minimum atomic E-state index is -2.16. The fourth-order valence-electron chi connectivity index (χ4n) is 6.48. The summed E-state index contributed by atoms with van der Waals surface area (Å²) in [4.78, 5) is 221. The van der Waals surface area contributed by atoms with Crippen LogP contribution in [0.25, 0.3) is 0 Å². The third kappa shape index (κ3) is 32.0. The molecule has 0 aliphatic heterocycles. The van der Waals surface area contributed by atoms with E-state index in [1.54, 1.807) is 5.32 Å². The monoisotopic (exact) mass is 1160 g/mol. The lowest BCUT2D eigenvalue weighted by atomic mass is 10.1. The number of hydrogen-bond acceptors (Lipinski definition) is 20. The van der Waals surface area contributed by atoms with Gasteiger partial charge in [-0.2, -0.15) is 0 Å². The first kappa shape index (κ1) is 71.4. The lowest BCUT2D eigenvalue weighted by Crippen LogP contribution is -2.58. The number of carboxylic acids is 8. The van der Waals surface area contributed by atoms with Crippen LogP contribution in [0.5, 0.6) is 0 Å². The van der Waals surface area contributed by atoms with E-state index in [4.69, 9.17) is 21.7 Å². The number of aliphatic carboxylic acids is 8. The largest absolute Gasteiger partial charge is 0.481 e. The summed E-state index contributed by atoms with van der Waals surface area (Å²) in [5.74, 6) is -26.0. The Morgan fingerprint density at radius 2 is 0.593 bits per heavy atom. The summed E-state index contributed by atoms with van der Waals surface area (Å²) >= 11 is 0. The Labute approximate surface area is 456 Å². The molecule has 0 fully saturated rings. The number of nitrogens with two attached hydrogens (primary N) is 2. The van der Waals surface area contributed by atoms with Gasteiger partial charge in [-0.05, 0) is 45.1 Å². The maximum Gasteiger partial charge on any atom is 0.326 e. The minimum absolute atomic E-state index is 0.118. The molecule has 0 aromatic rings. The first-order chi connectivity index (χ1) is 37.8. The quantitative estimate of drug-likeness (QED) is 0.0252. The van der Waals surface area contributed by atoms with Crippen LogP contribution in [0, 0.1) is 0 Å². The molecule has 10 amide bonds. The first-order valence-corrected chi connectivity index (χ1v) is 23.9. The van der Waals surface area contributed by atoms with Crippen LogP contribution in [0.15, 0.2) is 0 Å². The Morgan fingerprint density at radius 1 is 0.309 bits per heavy atom. The molecule has 452 valence electrons. The van der Waals surface area contributed by atoms with Crippen molar-refractivity contribution in [2.24, 2.45) is 11.5 Å². The van der Waals surface area contributed by atoms with Gasteiger partial charge >= 0.3 is 47.8 Å². The third-order valence-electron chi connectivity index (χ3n) is 10.5. The average Bonchev–Trinajstić information content (AvgIpc) is 3.36. The molecule has 0 bridgehead atoms. The van der Waals surface area contributed by atoms with Crippen LogP contribution in [-0.4, -0.2) is 222 Å². The van der Waals surface area contributed by atoms with Crippen molar-refractivity contribution in [3.05, 3.63) is 0 Å². The number of amides is 10. The van der Waals surface area contributed by atoms with E-state index < -0.39 is 233 Å². The van der Waals surface area contributed by atoms with Crippen molar-refractivity contribution in [1.29, 1.82) is 0 Å². The standard InChI is InChI=1S/C43H64N12O26/c44-10-2-1-3-19(49-26(56)15-46-36(73)18(45)4-7-29(59)60)39(76)54-24(13-34(69)70)42(79)53-22(11-32(65)66)38(75)48-16-27(57)50-21(6-9-31(63)64)40(77)52-20(5-8-30(61)62)37(74)47-17-28(58)51-23(12-33(67)68)41(78)55-25(43(80)81)14-35(71)72/h18-25H,1-17,44-45H2,(H,46,73)(H,47,74)(H,48,75)(H,49,56)(H,50,57)(H,51,58)(H,52,77)(H,53,79)(H,54,76)(H,55,78)(H,59,60)(H,61,62)(H,63,64)(H,65,66)(H,67,68)(H,69,70)(H,71,72)(H,80,81)/t18-,19-,20-,21-,22-,23-,24-,25-/m0/s1. The predicted molar refractivity (Wildman–Crippen MR) is 261 cm³/mol. The number of rotatable bonds is 42. The van der Waals surface area contributed by atoms with Crippen molar-refractivity contribution in [1.82, 2.24) is 53.2 Å². The molecule has 0 aromatic carbocycles. The molecule has 0 saturated heterocycles. The van der Waals surface area contributed by atoms with Crippen LogP contribution >= 0.6 is 0 Å². The molecule has 38 heteroatoms. The Bertz CT molecular complexity index is 2370. The van der Waals surface area contributed by atoms with E-state index >= 15 is 0 Å². The van der Waals surface area contributed by atoms with Gasteiger partial charge in [0, 0.05) is 19.3 Å². The molecule has 0 saturated carbocycles. The maximum absolute atomic E-state index is 13.5. The lowest BCUT2D eigenvalue weighted by Gasteiger charge is -2.25. The van der Waals surface area contributed by atoms with Gasteiger partial charge in [0.25, 0.3) is 0 Å². The van der Waals surface area contributed by atoms with Crippen molar-refractivity contribution in [3.8, 4) is 0 Å². The highest BCUT2D eigenvalue weighted by Gasteiger charge is 2.34. The first-order valence-electron chi connectivity index (χ1n) is 23.9. The molecule has 0 heterocycles. The van der Waals surface area contributed by atoms with Crippen LogP contribution in [0.2, 0.25) is 0 Å². The molecule has 0 aliphatic rings. The molecule has 0 aliphatic carbocycles. The second-order valence-corrected chi connectivity index (χ2v) is 17.2. The SMILES string of the molecule is NCCCC[C@H](NC(=O)CNC(=O)[C@@H](N)CCC(=O)O)C(=O)N[C@@H](CC(=O)O)C(=O)N[C@@H](CC(=O)O)C(=O)NCC(=O)N[C@@H](CCC(=O)O)C(=O)N[C@@H](CCC(=O)O)C(=O)NCC(=O)N[C@@H](CC(=O)O)C(=O)N[C@@H](CC(=O)O)C(=O)O. The Balaban J connectivity index is 6.23. The topological polar surface area (TPSA) is 641 Å². The normalized spacial score (nSPS) is 13.6. The molecule has 81 heavy (non-hydrogen) atoms. The molecule has 0 rings (SSSR count). The van der Waals surface area contributed by atoms with Crippen LogP contribution in [-0.2, 0) is 86.3 Å². The molecule has 38 nitrogen and oxygen atoms in total. The number of unbranched alkanes of at least 4 members (excludes halogenated alkanes) is 1. The second-order valence-electron chi connectivity index (χ2n) is 17.2. The Kier molecular flexibility index (Phi) is 32.8. The summed E-state index contributed by atoms with van der Waals surface area (Å²) in [6.07, 6.45) is -8.59. The second kappa shape index (κ2) is 37.2. The molecular formula is C43H64N12O26. The highest BCUT2D eigenvalue weighted by Crippen LogP contribution is 2.07. The average molecular weight is 1170 g/mol. The number of nitrogens with one attached hydrogen (secondary N) is 10. The van der Waals surface area contributed by atoms with E-state index in [9.17, 15) is 117 Å². The summed E-state index contributed by atoms with van der Waals surface area (Å²) in [6.45, 7) is -3.00. The highest BCUT2D eigenvalue weighted by atomic mass is 16.4. The van der Waals surface area contributed by atoms with Gasteiger partial charge in [-0.15, -0.1) is 0 Å². The van der Waals surface area contributed by atoms with Crippen molar-refractivity contribution < 1.29 is 127 Å². The highest BCUT2D eigenvalue weighted by molar-refractivity contribution is 5.99. The van der Waals surface area contributed by atoms with Gasteiger partial charge in [0.2, 0.25) is 59.1 Å². The molecule has 0 unspecified atom stereocenters. The molecule has 22 N–H and O–H groups in total. The summed E-state index contributed by atoms with van der Waals surface area (Å²) in [6, 6.07) is -15.1. The Hall–Kier alpha value is -9.62. The van der Waals surface area contributed by atoms with E-state index in [0.29, 0.717) is 6.42 Å². The zero-order valence-corrected chi connectivity index (χ0v) is 42.7. The van der Waals surface area contributed by atoms with E-state index in [-0.39, 0.29) is 25.8 Å². The van der Waals surface area contributed by atoms with Crippen molar-refractivity contribution >= 4 is 107 Å². The fraction of sp³-hybridized carbons (Fsp3) is 0.581. The van der Waals surface area contributed by atoms with Gasteiger partial charge in [0.05, 0.1) is 51.4 Å². The number of carboxylic acid groups (broad SMARTS) is 8. The summed E-state index contributed by atoms with van der Waals surface area (Å²) in [5, 5.41) is 93.7. The Morgan fingerprint density at radius 3 is 0.975 bits per heavy atom. The van der Waals surface area contributed by atoms with Crippen LogP contribution in [0.3, 0.4) is 0 Å². The number of carbonyl (C=O) groups excluding carboxylic acids is 10. The molecule has 0 radical (unpaired) electrons. The molecular weight excluding hydrogens is 1100 g/mol. The van der Waals surface area contributed by atoms with Gasteiger partial charge < -0.3 is 105 Å². The van der Waals surface area contributed by atoms with Gasteiger partial charge in [0.15, 0.2) is 0 Å². The van der Waals surface area contributed by atoms with E-state index in [1.165, 1.54) is 0 Å². The summed E-state index contributed by atoms with van der Waals surface area (Å²) in [7, 11) is 0. The molecule has 0 spiro atoms. The van der Waals surface area contributed by atoms with Crippen molar-refractivity contribution in [2.45, 2.75) is 132 Å². The van der Waals surface area contributed by atoms with Crippen LogP contribution in [0.4, 0.5) is 0 Å². The van der Waals surface area contributed by atoms with E-state index in [1.807, 2.05) is 31.9 Å². The number of carbonyl (C=O) groups is 18. The summed E-state index contributed by atoms with van der Waals surface area (Å²) in [5.41, 5.74) is 11.1. The van der Waals surface area contributed by atoms with Crippen molar-refractivity contribution in [3.63, 3.8) is 0 Å². The van der Waals surface area contributed by atoms with E-state index in [0.717, 1.165) is 0 Å². The van der Waals surface area contributed by atoms with Crippen LogP contribution in [0.1, 0.15) is 83.5 Å². The number of hydrogen-bond donors (Lipinski definition) is 20.